The van der Waals surface area contributed by atoms with Crippen LogP contribution in [0.4, 0.5) is 4.39 Å². The molecule has 18 heavy (non-hydrogen) atoms. The number of benzene rings is 1. The molecule has 5 nitrogen and oxygen atoms in total. The molecule has 0 saturated carbocycles. The molecule has 0 aliphatic heterocycles. The topological polar surface area (TPSA) is 62.8 Å². The van der Waals surface area contributed by atoms with Crippen LogP contribution in [0.3, 0.4) is 0 Å². The molecule has 0 aliphatic carbocycles. The molecular formula is C12H15FN4O. The number of ether oxygens (including phenoxy) is 1. The molecule has 0 radical (unpaired) electrons. The van der Waals surface area contributed by atoms with Gasteiger partial charge in [0.2, 0.25) is 0 Å². The van der Waals surface area contributed by atoms with Gasteiger partial charge in [-0.25, -0.2) is 9.37 Å². The summed E-state index contributed by atoms with van der Waals surface area (Å²) in [6.45, 7) is 0. The summed E-state index contributed by atoms with van der Waals surface area (Å²) in [5.41, 5.74) is 0.865. The molecule has 2 rings (SSSR count). The van der Waals surface area contributed by atoms with Crippen LogP contribution in [0.1, 0.15) is 17.4 Å². The summed E-state index contributed by atoms with van der Waals surface area (Å²) in [5.74, 6) is 0.621. The van der Waals surface area contributed by atoms with Gasteiger partial charge in [-0.2, -0.15) is 5.10 Å². The second kappa shape index (κ2) is 5.59. The van der Waals surface area contributed by atoms with Crippen molar-refractivity contribution in [1.29, 1.82) is 0 Å². The molecule has 1 aromatic carbocycles. The maximum atomic E-state index is 13.6. The van der Waals surface area contributed by atoms with Crippen LogP contribution in [0.2, 0.25) is 0 Å². The van der Waals surface area contributed by atoms with E-state index in [9.17, 15) is 4.39 Å². The average Bonchev–Trinajstić information content (AvgIpc) is 2.90. The van der Waals surface area contributed by atoms with Gasteiger partial charge in [-0.1, -0.05) is 6.07 Å². The molecule has 0 saturated heterocycles. The zero-order valence-corrected chi connectivity index (χ0v) is 10.3. The summed E-state index contributed by atoms with van der Waals surface area (Å²) >= 11 is 0. The van der Waals surface area contributed by atoms with E-state index in [0.717, 1.165) is 11.4 Å². The molecule has 1 heterocycles. The number of H-pyrrole nitrogens is 1. The van der Waals surface area contributed by atoms with E-state index in [1.165, 1.54) is 19.5 Å². The third kappa shape index (κ3) is 2.65. The maximum Gasteiger partial charge on any atom is 0.165 e. The summed E-state index contributed by atoms with van der Waals surface area (Å²) in [6, 6.07) is 4.90. The normalized spacial score (nSPS) is 12.4. The number of methoxy groups -OCH3 is 1. The molecule has 96 valence electrons. The monoisotopic (exact) mass is 250 g/mol. The molecule has 0 spiro atoms. The smallest absolute Gasteiger partial charge is 0.165 e. The lowest BCUT2D eigenvalue weighted by Gasteiger charge is -2.13. The molecule has 2 N–H and O–H groups in total. The van der Waals surface area contributed by atoms with Gasteiger partial charge in [0.05, 0.1) is 13.2 Å². The first kappa shape index (κ1) is 12.5. The van der Waals surface area contributed by atoms with Crippen LogP contribution in [-0.4, -0.2) is 29.3 Å². The SMILES string of the molecule is CNC(Cc1ccc(OC)c(F)c1)c1ncn[nH]1. The highest BCUT2D eigenvalue weighted by Crippen LogP contribution is 2.21. The Balaban J connectivity index is 2.15. The summed E-state index contributed by atoms with van der Waals surface area (Å²) in [4.78, 5) is 4.09. The molecule has 0 bridgehead atoms. The fraction of sp³-hybridized carbons (Fsp3) is 0.333. The minimum atomic E-state index is -0.359. The van der Waals surface area contributed by atoms with Gasteiger partial charge in [0.15, 0.2) is 11.6 Å². The first-order valence-corrected chi connectivity index (χ1v) is 5.59. The minimum absolute atomic E-state index is 0.0275. The molecule has 1 atom stereocenters. The van der Waals surface area contributed by atoms with E-state index in [2.05, 4.69) is 20.5 Å². The predicted molar refractivity (Wildman–Crippen MR) is 64.8 cm³/mol. The van der Waals surface area contributed by atoms with Gasteiger partial charge >= 0.3 is 0 Å². The second-order valence-corrected chi connectivity index (χ2v) is 3.88. The number of aromatic amines is 1. The fourth-order valence-corrected chi connectivity index (χ4v) is 1.79. The van der Waals surface area contributed by atoms with Crippen LogP contribution in [0.15, 0.2) is 24.5 Å². The second-order valence-electron chi connectivity index (χ2n) is 3.88. The molecule has 0 fully saturated rings. The van der Waals surface area contributed by atoms with E-state index < -0.39 is 0 Å². The highest BCUT2D eigenvalue weighted by atomic mass is 19.1. The van der Waals surface area contributed by atoms with Crippen LogP contribution in [0.5, 0.6) is 5.75 Å². The molecule has 6 heteroatoms. The van der Waals surface area contributed by atoms with Gasteiger partial charge < -0.3 is 10.1 Å². The van der Waals surface area contributed by atoms with Crippen molar-refractivity contribution >= 4 is 0 Å². The fourth-order valence-electron chi connectivity index (χ4n) is 1.79. The van der Waals surface area contributed by atoms with E-state index in [0.29, 0.717) is 6.42 Å². The number of nitrogens with zero attached hydrogens (tertiary/aromatic N) is 2. The van der Waals surface area contributed by atoms with Gasteiger partial charge in [0.1, 0.15) is 12.2 Å². The van der Waals surface area contributed by atoms with Gasteiger partial charge in [0.25, 0.3) is 0 Å². The van der Waals surface area contributed by atoms with E-state index in [1.54, 1.807) is 6.07 Å². The molecule has 0 aliphatic rings. The molecule has 1 aromatic heterocycles. The van der Waals surface area contributed by atoms with Crippen LogP contribution < -0.4 is 10.1 Å². The lowest BCUT2D eigenvalue weighted by atomic mass is 10.1. The van der Waals surface area contributed by atoms with Gasteiger partial charge in [0, 0.05) is 0 Å². The Morgan fingerprint density at radius 2 is 2.33 bits per heavy atom. The van der Waals surface area contributed by atoms with Crippen LogP contribution in [-0.2, 0) is 6.42 Å². The first-order valence-electron chi connectivity index (χ1n) is 5.59. The number of hydrogen-bond donors (Lipinski definition) is 2. The maximum absolute atomic E-state index is 13.6. The van der Waals surface area contributed by atoms with Crippen molar-refractivity contribution in [1.82, 2.24) is 20.5 Å². The van der Waals surface area contributed by atoms with Gasteiger partial charge in [-0.05, 0) is 31.2 Å². The number of halogens is 1. The molecule has 1 unspecified atom stereocenters. The third-order valence-electron chi connectivity index (χ3n) is 2.77. The zero-order chi connectivity index (χ0) is 13.0. The summed E-state index contributed by atoms with van der Waals surface area (Å²) < 4.78 is 18.5. The van der Waals surface area contributed by atoms with Crippen molar-refractivity contribution in [3.05, 3.63) is 41.7 Å². The van der Waals surface area contributed by atoms with Gasteiger partial charge in [-0.15, -0.1) is 0 Å². The highest BCUT2D eigenvalue weighted by molar-refractivity contribution is 5.30. The third-order valence-corrected chi connectivity index (χ3v) is 2.77. The number of hydrogen-bond acceptors (Lipinski definition) is 4. The van der Waals surface area contributed by atoms with Crippen LogP contribution in [0.25, 0.3) is 0 Å². The average molecular weight is 250 g/mol. The lowest BCUT2D eigenvalue weighted by Crippen LogP contribution is -2.20. The standard InChI is InChI=1S/C12H15FN4O/c1-14-10(12-15-7-16-17-12)6-8-3-4-11(18-2)9(13)5-8/h3-5,7,10,14H,6H2,1-2H3,(H,15,16,17). The first-order chi connectivity index (χ1) is 8.74. The van der Waals surface area contributed by atoms with Gasteiger partial charge in [-0.3, -0.25) is 5.10 Å². The van der Waals surface area contributed by atoms with E-state index >= 15 is 0 Å². The van der Waals surface area contributed by atoms with E-state index in [1.807, 2.05) is 13.1 Å². The van der Waals surface area contributed by atoms with E-state index in [-0.39, 0.29) is 17.6 Å². The number of aromatic nitrogens is 3. The Morgan fingerprint density at radius 3 is 2.89 bits per heavy atom. The Labute approximate surface area is 104 Å². The minimum Gasteiger partial charge on any atom is -0.494 e. The van der Waals surface area contributed by atoms with Crippen molar-refractivity contribution in [2.24, 2.45) is 0 Å². The Kier molecular flexibility index (Phi) is 3.88. The van der Waals surface area contributed by atoms with E-state index in [4.69, 9.17) is 4.74 Å². The zero-order valence-electron chi connectivity index (χ0n) is 10.3. The number of likely N-dealkylation sites (N-methyl/N-ethyl adjacent to an activating group) is 1. The van der Waals surface area contributed by atoms with Crippen molar-refractivity contribution in [3.8, 4) is 5.75 Å². The summed E-state index contributed by atoms with van der Waals surface area (Å²) in [5, 5.41) is 9.72. The van der Waals surface area contributed by atoms with Crippen LogP contribution >= 0.6 is 0 Å². The van der Waals surface area contributed by atoms with Crippen molar-refractivity contribution in [3.63, 3.8) is 0 Å². The molecule has 0 amide bonds. The highest BCUT2D eigenvalue weighted by Gasteiger charge is 2.14. The Hall–Kier alpha value is -1.95. The molecular weight excluding hydrogens is 235 g/mol. The predicted octanol–water partition coefficient (Wildman–Crippen LogP) is 1.46. The Bertz CT molecular complexity index is 501. The van der Waals surface area contributed by atoms with Crippen molar-refractivity contribution in [2.75, 3.05) is 14.2 Å². The Morgan fingerprint density at radius 1 is 1.50 bits per heavy atom. The summed E-state index contributed by atoms with van der Waals surface area (Å²) in [6.07, 6.45) is 2.07. The quantitative estimate of drug-likeness (QED) is 0.843. The summed E-state index contributed by atoms with van der Waals surface area (Å²) in [7, 11) is 3.27. The number of nitrogens with one attached hydrogen (secondary N) is 2. The number of rotatable bonds is 5. The lowest BCUT2D eigenvalue weighted by molar-refractivity contribution is 0.386. The molecule has 2 aromatic rings. The van der Waals surface area contributed by atoms with Crippen molar-refractivity contribution in [2.45, 2.75) is 12.5 Å². The van der Waals surface area contributed by atoms with Crippen LogP contribution in [0, 0.1) is 5.82 Å². The van der Waals surface area contributed by atoms with Crippen molar-refractivity contribution < 1.29 is 9.13 Å². The largest absolute Gasteiger partial charge is 0.494 e.